The number of nitrogens with two attached hydrogens (primary N) is 1. The van der Waals surface area contributed by atoms with E-state index >= 15 is 0 Å². The van der Waals surface area contributed by atoms with Crippen LogP contribution in [0.15, 0.2) is 18.2 Å². The molecule has 5 heteroatoms. The molecule has 1 rings (SSSR count). The van der Waals surface area contributed by atoms with Crippen molar-refractivity contribution in [3.8, 4) is 11.5 Å². The molecule has 0 saturated heterocycles. The smallest absolute Gasteiger partial charge is 0.252 e. The minimum absolute atomic E-state index is 0. The standard InChI is InChI=1S/C7H7NO3.H3N/c8-7(11)4-2-1-3-5(9)6(4)10;/h1-3,9-10H,(H2,8,11);1H3. The maximum absolute atomic E-state index is 10.5. The number of phenols is 2. The zero-order chi connectivity index (χ0) is 8.43. The van der Waals surface area contributed by atoms with E-state index in [2.05, 4.69) is 0 Å². The lowest BCUT2D eigenvalue weighted by molar-refractivity contribution is 0.0997. The number of phenolic OH excluding ortho intramolecular Hbond substituents is 1. The molecule has 12 heavy (non-hydrogen) atoms. The first-order valence-electron chi connectivity index (χ1n) is 2.93. The van der Waals surface area contributed by atoms with Gasteiger partial charge in [0.1, 0.15) is 0 Å². The van der Waals surface area contributed by atoms with Crippen LogP contribution in [-0.4, -0.2) is 16.1 Å². The Morgan fingerprint density at radius 1 is 1.33 bits per heavy atom. The highest BCUT2D eigenvalue weighted by atomic mass is 16.3. The number of benzene rings is 1. The third kappa shape index (κ3) is 1.64. The second-order valence-corrected chi connectivity index (χ2v) is 2.04. The van der Waals surface area contributed by atoms with Crippen LogP contribution in [0.3, 0.4) is 0 Å². The summed E-state index contributed by atoms with van der Waals surface area (Å²) in [4.78, 5) is 10.5. The van der Waals surface area contributed by atoms with Gasteiger partial charge >= 0.3 is 0 Å². The Hall–Kier alpha value is -1.75. The zero-order valence-corrected chi connectivity index (χ0v) is 6.32. The Labute approximate surface area is 69.0 Å². The van der Waals surface area contributed by atoms with E-state index in [0.29, 0.717) is 0 Å². The highest BCUT2D eigenvalue weighted by Gasteiger charge is 2.09. The molecule has 0 fully saturated rings. The molecule has 0 aliphatic rings. The molecule has 0 unspecified atom stereocenters. The zero-order valence-electron chi connectivity index (χ0n) is 6.32. The summed E-state index contributed by atoms with van der Waals surface area (Å²) in [7, 11) is 0. The van der Waals surface area contributed by atoms with Crippen LogP contribution in [-0.2, 0) is 0 Å². The molecule has 0 aliphatic heterocycles. The van der Waals surface area contributed by atoms with Crippen molar-refractivity contribution in [3.63, 3.8) is 0 Å². The molecule has 0 aliphatic carbocycles. The van der Waals surface area contributed by atoms with Crippen LogP contribution in [0.4, 0.5) is 0 Å². The van der Waals surface area contributed by atoms with Crippen LogP contribution >= 0.6 is 0 Å². The van der Waals surface area contributed by atoms with Crippen LogP contribution in [0, 0.1) is 0 Å². The molecule has 0 radical (unpaired) electrons. The molecule has 0 bridgehead atoms. The maximum atomic E-state index is 10.5. The average molecular weight is 170 g/mol. The van der Waals surface area contributed by atoms with Gasteiger partial charge in [0.15, 0.2) is 11.5 Å². The lowest BCUT2D eigenvalue weighted by Gasteiger charge is -2.00. The maximum Gasteiger partial charge on any atom is 0.252 e. The summed E-state index contributed by atoms with van der Waals surface area (Å²) in [6.07, 6.45) is 0. The molecule has 0 heterocycles. The molecule has 5 nitrogen and oxygen atoms in total. The van der Waals surface area contributed by atoms with Gasteiger partial charge in [-0.2, -0.15) is 0 Å². The summed E-state index contributed by atoms with van der Waals surface area (Å²) >= 11 is 0. The Balaban J connectivity index is 0.00000121. The van der Waals surface area contributed by atoms with E-state index in [1.54, 1.807) is 0 Å². The van der Waals surface area contributed by atoms with E-state index in [0.717, 1.165) is 0 Å². The van der Waals surface area contributed by atoms with Gasteiger partial charge in [0.05, 0.1) is 5.56 Å². The molecule has 1 aromatic rings. The number of hydrogen-bond donors (Lipinski definition) is 4. The Kier molecular flexibility index (Phi) is 3.06. The molecule has 1 aromatic carbocycles. The van der Waals surface area contributed by atoms with Crippen molar-refractivity contribution in [2.75, 3.05) is 0 Å². The fourth-order valence-corrected chi connectivity index (χ4v) is 0.730. The number of amides is 1. The van der Waals surface area contributed by atoms with Crippen LogP contribution < -0.4 is 11.9 Å². The summed E-state index contributed by atoms with van der Waals surface area (Å²) in [5.74, 6) is -1.58. The molecular weight excluding hydrogens is 160 g/mol. The highest BCUT2D eigenvalue weighted by Crippen LogP contribution is 2.27. The van der Waals surface area contributed by atoms with Gasteiger partial charge in [-0.1, -0.05) is 6.07 Å². The SMILES string of the molecule is N.NC(=O)c1cccc(O)c1O. The summed E-state index contributed by atoms with van der Waals surface area (Å²) in [6.45, 7) is 0. The third-order valence-corrected chi connectivity index (χ3v) is 1.28. The molecule has 0 atom stereocenters. The minimum atomic E-state index is -0.765. The topological polar surface area (TPSA) is 119 Å². The fraction of sp³-hybridized carbons (Fsp3) is 0. The van der Waals surface area contributed by atoms with Gasteiger partial charge < -0.3 is 22.1 Å². The first kappa shape index (κ1) is 10.2. The molecular formula is C7H10N2O3. The predicted octanol–water partition coefficient (Wildman–Crippen LogP) is 0.359. The lowest BCUT2D eigenvalue weighted by Crippen LogP contribution is -2.10. The van der Waals surface area contributed by atoms with E-state index < -0.39 is 11.7 Å². The van der Waals surface area contributed by atoms with Crippen molar-refractivity contribution in [1.29, 1.82) is 0 Å². The number of para-hydroxylation sites is 1. The number of rotatable bonds is 1. The van der Waals surface area contributed by atoms with Gasteiger partial charge in [0, 0.05) is 0 Å². The normalized spacial score (nSPS) is 8.67. The monoisotopic (exact) mass is 170 g/mol. The minimum Gasteiger partial charge on any atom is -0.504 e. The van der Waals surface area contributed by atoms with Crippen LogP contribution in [0.5, 0.6) is 11.5 Å². The van der Waals surface area contributed by atoms with Crippen molar-refractivity contribution in [2.24, 2.45) is 5.73 Å². The van der Waals surface area contributed by atoms with Crippen molar-refractivity contribution in [2.45, 2.75) is 0 Å². The van der Waals surface area contributed by atoms with Crippen LogP contribution in [0.1, 0.15) is 10.4 Å². The van der Waals surface area contributed by atoms with E-state index in [-0.39, 0.29) is 17.5 Å². The number of carbonyl (C=O) groups excluding carboxylic acids is 1. The summed E-state index contributed by atoms with van der Waals surface area (Å²) in [5.41, 5.74) is 4.79. The number of primary amides is 1. The summed E-state index contributed by atoms with van der Waals surface area (Å²) < 4.78 is 0. The molecule has 66 valence electrons. The third-order valence-electron chi connectivity index (χ3n) is 1.28. The molecule has 0 saturated carbocycles. The predicted molar refractivity (Wildman–Crippen MR) is 43.3 cm³/mol. The summed E-state index contributed by atoms with van der Waals surface area (Å²) in [6, 6.07) is 4.02. The van der Waals surface area contributed by atoms with Crippen molar-refractivity contribution in [3.05, 3.63) is 23.8 Å². The van der Waals surface area contributed by atoms with Gasteiger partial charge in [-0.05, 0) is 12.1 Å². The first-order chi connectivity index (χ1) is 5.13. The van der Waals surface area contributed by atoms with Gasteiger partial charge in [-0.3, -0.25) is 4.79 Å². The Bertz CT molecular complexity index is 299. The quantitative estimate of drug-likeness (QED) is 0.455. The number of carbonyl (C=O) groups is 1. The van der Waals surface area contributed by atoms with Gasteiger partial charge in [-0.25, -0.2) is 0 Å². The van der Waals surface area contributed by atoms with Gasteiger partial charge in [0.25, 0.3) is 5.91 Å². The second-order valence-electron chi connectivity index (χ2n) is 2.04. The van der Waals surface area contributed by atoms with Gasteiger partial charge in [0.2, 0.25) is 0 Å². The molecule has 1 amide bonds. The summed E-state index contributed by atoms with van der Waals surface area (Å²) in [5, 5.41) is 17.9. The average Bonchev–Trinajstić information content (AvgIpc) is 1.94. The first-order valence-corrected chi connectivity index (χ1v) is 2.93. The van der Waals surface area contributed by atoms with Crippen molar-refractivity contribution >= 4 is 5.91 Å². The van der Waals surface area contributed by atoms with E-state index in [4.69, 9.17) is 15.9 Å². The Morgan fingerprint density at radius 3 is 2.33 bits per heavy atom. The molecule has 0 aromatic heterocycles. The second kappa shape index (κ2) is 3.59. The molecule has 7 N–H and O–H groups in total. The molecule has 0 spiro atoms. The van der Waals surface area contributed by atoms with E-state index in [9.17, 15) is 4.79 Å². The lowest BCUT2D eigenvalue weighted by atomic mass is 10.2. The highest BCUT2D eigenvalue weighted by molar-refractivity contribution is 5.96. The number of aromatic hydroxyl groups is 2. The number of hydrogen-bond acceptors (Lipinski definition) is 4. The van der Waals surface area contributed by atoms with Crippen LogP contribution in [0.25, 0.3) is 0 Å². The van der Waals surface area contributed by atoms with Gasteiger partial charge in [-0.15, -0.1) is 0 Å². The Morgan fingerprint density at radius 2 is 1.92 bits per heavy atom. The van der Waals surface area contributed by atoms with E-state index in [1.165, 1.54) is 18.2 Å². The largest absolute Gasteiger partial charge is 0.504 e. The van der Waals surface area contributed by atoms with Crippen molar-refractivity contribution in [1.82, 2.24) is 6.15 Å². The fourth-order valence-electron chi connectivity index (χ4n) is 0.730. The van der Waals surface area contributed by atoms with E-state index in [1.807, 2.05) is 0 Å². The van der Waals surface area contributed by atoms with Crippen LogP contribution in [0.2, 0.25) is 0 Å². The van der Waals surface area contributed by atoms with Crippen molar-refractivity contribution < 1.29 is 15.0 Å².